The minimum absolute atomic E-state index is 0.183. The van der Waals surface area contributed by atoms with Gasteiger partial charge in [0.05, 0.1) is 6.42 Å². The average molecular weight is 330 g/mol. The van der Waals surface area contributed by atoms with E-state index in [0.717, 1.165) is 16.1 Å². The van der Waals surface area contributed by atoms with Gasteiger partial charge in [0, 0.05) is 16.6 Å². The quantitative estimate of drug-likeness (QED) is 0.518. The van der Waals surface area contributed by atoms with Crippen LogP contribution < -0.4 is 4.74 Å². The number of aromatic nitrogens is 1. The molecule has 0 spiro atoms. The fourth-order valence-electron chi connectivity index (χ4n) is 2.01. The van der Waals surface area contributed by atoms with Crippen LogP contribution in [0.2, 0.25) is 5.02 Å². The zero-order valence-electron chi connectivity index (χ0n) is 11.5. The van der Waals surface area contributed by atoms with Gasteiger partial charge in [0.15, 0.2) is 0 Å². The van der Waals surface area contributed by atoms with Crippen LogP contribution in [0.25, 0.3) is 11.1 Å². The summed E-state index contributed by atoms with van der Waals surface area (Å²) in [6.07, 6.45) is 1.86. The molecule has 0 radical (unpaired) electrons. The Bertz CT molecular complexity index is 770. The van der Waals surface area contributed by atoms with Gasteiger partial charge in [-0.3, -0.25) is 4.79 Å². The van der Waals surface area contributed by atoms with E-state index in [9.17, 15) is 4.79 Å². The van der Waals surface area contributed by atoms with Crippen LogP contribution in [-0.2, 0) is 11.2 Å². The topological polar surface area (TPSA) is 39.2 Å². The first kappa shape index (κ1) is 14.8. The lowest BCUT2D eigenvalue weighted by Gasteiger charge is -2.06. The number of hydrogen-bond acceptors (Lipinski definition) is 4. The lowest BCUT2D eigenvalue weighted by Crippen LogP contribution is -2.10. The highest BCUT2D eigenvalue weighted by atomic mass is 35.5. The Hall–Kier alpha value is -2.17. The van der Waals surface area contributed by atoms with Gasteiger partial charge in [0.25, 0.3) is 0 Å². The maximum Gasteiger partial charge on any atom is 0.318 e. The summed E-state index contributed by atoms with van der Waals surface area (Å²) in [5.41, 5.74) is 1.98. The molecular formula is C17H12ClNO2S. The minimum Gasteiger partial charge on any atom is -0.426 e. The van der Waals surface area contributed by atoms with Crippen molar-refractivity contribution < 1.29 is 9.53 Å². The summed E-state index contributed by atoms with van der Waals surface area (Å²) in [7, 11) is 0. The van der Waals surface area contributed by atoms with Crippen LogP contribution in [0, 0.1) is 0 Å². The van der Waals surface area contributed by atoms with Gasteiger partial charge in [-0.2, -0.15) is 0 Å². The number of ether oxygens (including phenoxy) is 1. The molecule has 0 aliphatic rings. The first-order valence-corrected chi connectivity index (χ1v) is 7.91. The van der Waals surface area contributed by atoms with Crippen LogP contribution in [0.15, 0.2) is 60.1 Å². The van der Waals surface area contributed by atoms with Gasteiger partial charge in [0.1, 0.15) is 10.8 Å². The largest absolute Gasteiger partial charge is 0.426 e. The Balaban J connectivity index is 1.73. The fourth-order valence-corrected chi connectivity index (χ4v) is 2.74. The van der Waals surface area contributed by atoms with E-state index in [1.165, 1.54) is 11.3 Å². The van der Waals surface area contributed by atoms with Gasteiger partial charge in [-0.1, -0.05) is 35.9 Å². The normalized spacial score (nSPS) is 10.4. The molecule has 0 N–H and O–H groups in total. The van der Waals surface area contributed by atoms with Gasteiger partial charge in [-0.25, -0.2) is 4.98 Å². The predicted molar refractivity (Wildman–Crippen MR) is 88.3 cm³/mol. The lowest BCUT2D eigenvalue weighted by atomic mass is 10.1. The van der Waals surface area contributed by atoms with E-state index in [-0.39, 0.29) is 12.4 Å². The Morgan fingerprint density at radius 1 is 1.14 bits per heavy atom. The van der Waals surface area contributed by atoms with Gasteiger partial charge >= 0.3 is 5.97 Å². The third kappa shape index (κ3) is 3.72. The first-order valence-electron chi connectivity index (χ1n) is 6.66. The predicted octanol–water partition coefficient (Wildman–Crippen LogP) is 4.61. The van der Waals surface area contributed by atoms with E-state index in [2.05, 4.69) is 4.98 Å². The van der Waals surface area contributed by atoms with Crippen molar-refractivity contribution in [1.29, 1.82) is 0 Å². The molecule has 0 aliphatic heterocycles. The number of carbonyl (C=O) groups excluding carboxylic acids is 1. The summed E-state index contributed by atoms with van der Waals surface area (Å²) in [4.78, 5) is 16.0. The summed E-state index contributed by atoms with van der Waals surface area (Å²) >= 11 is 7.33. The van der Waals surface area contributed by atoms with Crippen molar-refractivity contribution in [2.75, 3.05) is 0 Å². The number of halogens is 1. The molecule has 0 amide bonds. The molecule has 0 aliphatic carbocycles. The standard InChI is InChI=1S/C17H12ClNO2S/c18-14-6-4-12(5-7-14)13-2-1-3-15(10-13)21-17(20)11-16-19-8-9-22-16/h1-10H,11H2. The van der Waals surface area contributed by atoms with Gasteiger partial charge < -0.3 is 4.74 Å². The highest BCUT2D eigenvalue weighted by Crippen LogP contribution is 2.25. The van der Waals surface area contributed by atoms with Gasteiger partial charge in [-0.05, 0) is 35.4 Å². The number of rotatable bonds is 4. The monoisotopic (exact) mass is 329 g/mol. The lowest BCUT2D eigenvalue weighted by molar-refractivity contribution is -0.133. The Morgan fingerprint density at radius 2 is 1.95 bits per heavy atom. The average Bonchev–Trinajstić information content (AvgIpc) is 3.01. The molecule has 0 bridgehead atoms. The SMILES string of the molecule is O=C(Cc1nccs1)Oc1cccc(-c2ccc(Cl)cc2)c1. The van der Waals surface area contributed by atoms with Crippen LogP contribution >= 0.6 is 22.9 Å². The van der Waals surface area contributed by atoms with E-state index in [4.69, 9.17) is 16.3 Å². The molecule has 3 rings (SSSR count). The smallest absolute Gasteiger partial charge is 0.318 e. The molecule has 22 heavy (non-hydrogen) atoms. The molecule has 3 nitrogen and oxygen atoms in total. The molecule has 0 saturated heterocycles. The molecule has 1 aromatic heterocycles. The summed E-state index contributed by atoms with van der Waals surface area (Å²) in [5, 5.41) is 3.28. The molecule has 1 heterocycles. The Labute approximate surface area is 137 Å². The minimum atomic E-state index is -0.316. The van der Waals surface area contributed by atoms with Crippen molar-refractivity contribution in [2.45, 2.75) is 6.42 Å². The molecule has 0 fully saturated rings. The van der Waals surface area contributed by atoms with E-state index in [1.54, 1.807) is 12.3 Å². The molecule has 0 unspecified atom stereocenters. The second-order valence-electron chi connectivity index (χ2n) is 4.61. The number of hydrogen-bond donors (Lipinski definition) is 0. The summed E-state index contributed by atoms with van der Waals surface area (Å²) in [6.45, 7) is 0. The van der Waals surface area contributed by atoms with E-state index >= 15 is 0 Å². The number of thiazole rings is 1. The number of esters is 1. The summed E-state index contributed by atoms with van der Waals surface area (Å²) in [6, 6.07) is 14.9. The maximum atomic E-state index is 11.9. The number of carbonyl (C=O) groups is 1. The molecule has 110 valence electrons. The van der Waals surface area contributed by atoms with E-state index < -0.39 is 0 Å². The van der Waals surface area contributed by atoms with E-state index in [1.807, 2.05) is 47.8 Å². The third-order valence-electron chi connectivity index (χ3n) is 3.02. The van der Waals surface area contributed by atoms with Gasteiger partial charge in [-0.15, -0.1) is 11.3 Å². The molecule has 0 atom stereocenters. The third-order valence-corrected chi connectivity index (χ3v) is 4.05. The highest BCUT2D eigenvalue weighted by Gasteiger charge is 2.09. The second-order valence-corrected chi connectivity index (χ2v) is 6.03. The van der Waals surface area contributed by atoms with Crippen LogP contribution in [0.1, 0.15) is 5.01 Å². The molecule has 3 aromatic rings. The highest BCUT2D eigenvalue weighted by molar-refractivity contribution is 7.09. The van der Waals surface area contributed by atoms with Crippen molar-refractivity contribution in [3.8, 4) is 16.9 Å². The van der Waals surface area contributed by atoms with Crippen LogP contribution in [0.3, 0.4) is 0 Å². The first-order chi connectivity index (χ1) is 10.7. The van der Waals surface area contributed by atoms with Crippen molar-refractivity contribution in [1.82, 2.24) is 4.98 Å². The summed E-state index contributed by atoms with van der Waals surface area (Å²) in [5.74, 6) is 0.206. The Kier molecular flexibility index (Phi) is 4.51. The zero-order chi connectivity index (χ0) is 15.4. The number of benzene rings is 2. The fraction of sp³-hybridized carbons (Fsp3) is 0.0588. The van der Waals surface area contributed by atoms with Gasteiger partial charge in [0.2, 0.25) is 0 Å². The van der Waals surface area contributed by atoms with Crippen LogP contribution in [0.4, 0.5) is 0 Å². The molecule has 2 aromatic carbocycles. The Morgan fingerprint density at radius 3 is 2.68 bits per heavy atom. The van der Waals surface area contributed by atoms with Crippen molar-refractivity contribution in [3.05, 3.63) is 70.1 Å². The van der Waals surface area contributed by atoms with Crippen molar-refractivity contribution in [2.24, 2.45) is 0 Å². The molecular weight excluding hydrogens is 318 g/mol. The summed E-state index contributed by atoms with van der Waals surface area (Å²) < 4.78 is 5.38. The van der Waals surface area contributed by atoms with Crippen molar-refractivity contribution >= 4 is 28.9 Å². The van der Waals surface area contributed by atoms with E-state index in [0.29, 0.717) is 10.8 Å². The molecule has 5 heteroatoms. The van der Waals surface area contributed by atoms with Crippen LogP contribution in [-0.4, -0.2) is 11.0 Å². The van der Waals surface area contributed by atoms with Crippen LogP contribution in [0.5, 0.6) is 5.75 Å². The maximum absolute atomic E-state index is 11.9. The van der Waals surface area contributed by atoms with Crippen molar-refractivity contribution in [3.63, 3.8) is 0 Å². The molecule has 0 saturated carbocycles. The number of nitrogens with zero attached hydrogens (tertiary/aromatic N) is 1. The zero-order valence-corrected chi connectivity index (χ0v) is 13.1. The second kappa shape index (κ2) is 6.73.